The number of hydrogen-bond donors (Lipinski definition) is 1. The summed E-state index contributed by atoms with van der Waals surface area (Å²) in [5.41, 5.74) is 1.59. The summed E-state index contributed by atoms with van der Waals surface area (Å²) in [7, 11) is 2.70. The second kappa shape index (κ2) is 11.4. The number of benzene rings is 2. The molecule has 0 unspecified atom stereocenters. The lowest BCUT2D eigenvalue weighted by Crippen LogP contribution is -2.56. The maximum absolute atomic E-state index is 13.8. The molecule has 2 aromatic heterocycles. The number of halogens is 3. The minimum Gasteiger partial charge on any atom is -0.465 e. The van der Waals surface area contributed by atoms with Gasteiger partial charge in [-0.3, -0.25) is 14.3 Å². The maximum atomic E-state index is 13.8. The minimum atomic E-state index is -0.825. The van der Waals surface area contributed by atoms with Gasteiger partial charge in [-0.15, -0.1) is 0 Å². The van der Waals surface area contributed by atoms with Crippen molar-refractivity contribution in [1.82, 2.24) is 19.4 Å². The molecule has 0 bridgehead atoms. The summed E-state index contributed by atoms with van der Waals surface area (Å²) >= 11 is 3.33. The molecule has 208 valence electrons. The van der Waals surface area contributed by atoms with Crippen LogP contribution in [0.15, 0.2) is 64.1 Å². The first-order valence-electron chi connectivity index (χ1n) is 12.5. The minimum absolute atomic E-state index is 0.203. The SMILES string of the molecule is COC(=O)c1c(N2CCN(C(c3ccc(F)cc3)c3ccc(F)cc3)C[C@@H]2CO)c2nc(Br)cnc2n(C)c1=O. The second-order valence-corrected chi connectivity index (χ2v) is 10.3. The van der Waals surface area contributed by atoms with Gasteiger partial charge in [-0.2, -0.15) is 0 Å². The van der Waals surface area contributed by atoms with E-state index in [2.05, 4.69) is 30.8 Å². The second-order valence-electron chi connectivity index (χ2n) is 9.47. The molecular formula is C28H26BrF2N5O4. The molecular weight excluding hydrogens is 588 g/mol. The molecule has 0 saturated carbocycles. The number of methoxy groups -OCH3 is 1. The summed E-state index contributed by atoms with van der Waals surface area (Å²) < 4.78 is 34.2. The van der Waals surface area contributed by atoms with Crippen LogP contribution >= 0.6 is 15.9 Å². The van der Waals surface area contributed by atoms with Crippen molar-refractivity contribution in [2.24, 2.45) is 7.05 Å². The number of hydrogen-bond acceptors (Lipinski definition) is 8. The molecule has 4 aromatic rings. The van der Waals surface area contributed by atoms with Crippen LogP contribution in [0.3, 0.4) is 0 Å². The number of nitrogens with zero attached hydrogens (tertiary/aromatic N) is 5. The number of carbonyl (C=O) groups is 1. The summed E-state index contributed by atoms with van der Waals surface area (Å²) in [6, 6.07) is 11.3. The highest BCUT2D eigenvalue weighted by Crippen LogP contribution is 2.35. The molecule has 1 N–H and O–H groups in total. The number of ether oxygens (including phenoxy) is 1. The van der Waals surface area contributed by atoms with E-state index in [4.69, 9.17) is 4.74 Å². The Morgan fingerprint density at radius 2 is 1.70 bits per heavy atom. The number of aliphatic hydroxyl groups is 1. The third-order valence-electron chi connectivity index (χ3n) is 7.16. The number of piperazine rings is 1. The van der Waals surface area contributed by atoms with Crippen molar-refractivity contribution in [3.8, 4) is 0 Å². The van der Waals surface area contributed by atoms with Gasteiger partial charge in [0.1, 0.15) is 21.8 Å². The Hall–Kier alpha value is -3.74. The van der Waals surface area contributed by atoms with E-state index in [1.54, 1.807) is 29.2 Å². The third kappa shape index (κ3) is 5.09. The van der Waals surface area contributed by atoms with Crippen molar-refractivity contribution in [2.45, 2.75) is 12.1 Å². The number of aromatic nitrogens is 3. The third-order valence-corrected chi connectivity index (χ3v) is 7.54. The monoisotopic (exact) mass is 613 g/mol. The molecule has 1 aliphatic heterocycles. The lowest BCUT2D eigenvalue weighted by Gasteiger charge is -2.45. The summed E-state index contributed by atoms with van der Waals surface area (Å²) in [5, 5.41) is 10.6. The van der Waals surface area contributed by atoms with Gasteiger partial charge in [0.15, 0.2) is 11.2 Å². The van der Waals surface area contributed by atoms with Crippen LogP contribution in [0, 0.1) is 11.6 Å². The maximum Gasteiger partial charge on any atom is 0.345 e. The van der Waals surface area contributed by atoms with E-state index in [0.29, 0.717) is 29.8 Å². The molecule has 3 heterocycles. The van der Waals surface area contributed by atoms with Crippen LogP contribution in [0.5, 0.6) is 0 Å². The summed E-state index contributed by atoms with van der Waals surface area (Å²) in [5.74, 6) is -1.58. The van der Waals surface area contributed by atoms with Crippen molar-refractivity contribution in [2.75, 3.05) is 38.3 Å². The number of aryl methyl sites for hydroxylation is 1. The van der Waals surface area contributed by atoms with Crippen LogP contribution < -0.4 is 10.5 Å². The molecule has 9 nitrogen and oxygen atoms in total. The van der Waals surface area contributed by atoms with Gasteiger partial charge < -0.3 is 14.7 Å². The van der Waals surface area contributed by atoms with Crippen molar-refractivity contribution in [3.05, 3.63) is 98.0 Å². The van der Waals surface area contributed by atoms with E-state index in [0.717, 1.165) is 11.1 Å². The zero-order valence-corrected chi connectivity index (χ0v) is 23.3. The van der Waals surface area contributed by atoms with Gasteiger partial charge in [0, 0.05) is 26.7 Å². The smallest absolute Gasteiger partial charge is 0.345 e. The Labute approximate surface area is 236 Å². The van der Waals surface area contributed by atoms with E-state index < -0.39 is 17.6 Å². The Morgan fingerprint density at radius 1 is 1.10 bits per heavy atom. The molecule has 0 spiro atoms. The Kier molecular flexibility index (Phi) is 7.92. The van der Waals surface area contributed by atoms with Crippen LogP contribution in [0.1, 0.15) is 27.5 Å². The van der Waals surface area contributed by atoms with E-state index in [-0.39, 0.29) is 41.2 Å². The normalized spacial score (nSPS) is 16.1. The Morgan fingerprint density at radius 3 is 2.25 bits per heavy atom. The predicted octanol–water partition coefficient (Wildman–Crippen LogP) is 3.43. The average Bonchev–Trinajstić information content (AvgIpc) is 2.96. The van der Waals surface area contributed by atoms with Gasteiger partial charge in [0.2, 0.25) is 0 Å². The molecule has 0 radical (unpaired) electrons. The fraction of sp³-hybridized carbons (Fsp3) is 0.286. The van der Waals surface area contributed by atoms with E-state index in [1.807, 2.05) is 0 Å². The lowest BCUT2D eigenvalue weighted by atomic mass is 9.95. The molecule has 1 atom stereocenters. The Balaban J connectivity index is 1.61. The predicted molar refractivity (Wildman–Crippen MR) is 148 cm³/mol. The van der Waals surface area contributed by atoms with Crippen LogP contribution in [0.25, 0.3) is 11.2 Å². The molecule has 1 saturated heterocycles. The Bertz CT molecular complexity index is 1570. The van der Waals surface area contributed by atoms with Crippen molar-refractivity contribution < 1.29 is 23.4 Å². The standard InChI is InChI=1S/C28H26BrF2N5O4/c1-34-26-23(33-21(29)13-32-26)25(22(27(34)38)28(39)40-2)36-12-11-35(14-20(36)15-37)24(16-3-7-18(30)8-4-16)17-5-9-19(31)10-6-17/h3-10,13,20,24,37H,11-12,14-15H2,1-2H3/t20-/m1/s1. The average molecular weight is 614 g/mol. The van der Waals surface area contributed by atoms with Gasteiger partial charge in [-0.05, 0) is 51.3 Å². The number of fused-ring (bicyclic) bond motifs is 1. The van der Waals surface area contributed by atoms with Crippen LogP contribution in [0.2, 0.25) is 0 Å². The number of carbonyl (C=O) groups excluding carboxylic acids is 1. The van der Waals surface area contributed by atoms with Gasteiger partial charge in [0.05, 0.1) is 37.7 Å². The fourth-order valence-corrected chi connectivity index (χ4v) is 5.56. The van der Waals surface area contributed by atoms with E-state index in [9.17, 15) is 23.5 Å². The van der Waals surface area contributed by atoms with Crippen molar-refractivity contribution >= 4 is 38.8 Å². The van der Waals surface area contributed by atoms with Gasteiger partial charge >= 0.3 is 5.97 Å². The van der Waals surface area contributed by atoms with E-state index in [1.165, 1.54) is 49.2 Å². The van der Waals surface area contributed by atoms with Crippen molar-refractivity contribution in [1.29, 1.82) is 0 Å². The first kappa shape index (κ1) is 27.8. The number of rotatable bonds is 6. The number of anilines is 1. The highest BCUT2D eigenvalue weighted by molar-refractivity contribution is 9.10. The molecule has 1 aliphatic rings. The quantitative estimate of drug-likeness (QED) is 0.330. The first-order valence-corrected chi connectivity index (χ1v) is 13.3. The van der Waals surface area contributed by atoms with Crippen LogP contribution in [0.4, 0.5) is 14.5 Å². The molecule has 1 fully saturated rings. The first-order chi connectivity index (χ1) is 19.2. The number of pyridine rings is 1. The molecule has 12 heteroatoms. The highest BCUT2D eigenvalue weighted by Gasteiger charge is 2.37. The van der Waals surface area contributed by atoms with Gasteiger partial charge in [-0.25, -0.2) is 23.5 Å². The number of aliphatic hydroxyl groups excluding tert-OH is 1. The van der Waals surface area contributed by atoms with Gasteiger partial charge in [0.25, 0.3) is 5.56 Å². The molecule has 0 aliphatic carbocycles. The van der Waals surface area contributed by atoms with Crippen LogP contribution in [-0.4, -0.2) is 69.9 Å². The summed E-state index contributed by atoms with van der Waals surface area (Å²) in [6.07, 6.45) is 1.46. The molecule has 5 rings (SSSR count). The molecule has 0 amide bonds. The topological polar surface area (TPSA) is 101 Å². The summed E-state index contributed by atoms with van der Waals surface area (Å²) in [4.78, 5) is 39.0. The zero-order valence-electron chi connectivity index (χ0n) is 21.7. The lowest BCUT2D eigenvalue weighted by molar-refractivity contribution is 0.0598. The van der Waals surface area contributed by atoms with Gasteiger partial charge in [-0.1, -0.05) is 24.3 Å². The highest BCUT2D eigenvalue weighted by atomic mass is 79.9. The number of esters is 1. The van der Waals surface area contributed by atoms with E-state index >= 15 is 0 Å². The molecule has 2 aromatic carbocycles. The largest absolute Gasteiger partial charge is 0.465 e. The zero-order chi connectivity index (χ0) is 28.6. The summed E-state index contributed by atoms with van der Waals surface area (Å²) in [6.45, 7) is 0.711. The van der Waals surface area contributed by atoms with Crippen LogP contribution in [-0.2, 0) is 11.8 Å². The molecule has 40 heavy (non-hydrogen) atoms. The van der Waals surface area contributed by atoms with Crippen molar-refractivity contribution in [3.63, 3.8) is 0 Å². The fourth-order valence-electron chi connectivity index (χ4n) is 5.28.